The molecule has 0 fully saturated rings. The molecule has 3 nitrogen and oxygen atoms in total. The number of hydrogen-bond acceptors (Lipinski definition) is 3. The van der Waals surface area contributed by atoms with Gasteiger partial charge in [0.25, 0.3) is 0 Å². The summed E-state index contributed by atoms with van der Waals surface area (Å²) >= 11 is 0. The molecule has 1 rings (SSSR count). The van der Waals surface area contributed by atoms with Crippen molar-refractivity contribution in [1.29, 1.82) is 0 Å². The summed E-state index contributed by atoms with van der Waals surface area (Å²) in [5, 5.41) is 0. The smallest absolute Gasteiger partial charge is 0.216 e. The van der Waals surface area contributed by atoms with Crippen molar-refractivity contribution in [2.75, 3.05) is 27.2 Å². The molecule has 78 valence electrons. The number of rotatable bonds is 4. The van der Waals surface area contributed by atoms with Gasteiger partial charge < -0.3 is 9.64 Å². The van der Waals surface area contributed by atoms with Crippen LogP contribution in [-0.2, 0) is 0 Å². The van der Waals surface area contributed by atoms with E-state index < -0.39 is 5.95 Å². The van der Waals surface area contributed by atoms with E-state index in [2.05, 4.69) is 4.98 Å². The second-order valence-electron chi connectivity index (χ2n) is 3.46. The number of nitrogens with zero attached hydrogens (tertiary/aromatic N) is 2. The fourth-order valence-electron chi connectivity index (χ4n) is 1.00. The van der Waals surface area contributed by atoms with Gasteiger partial charge in [0.2, 0.25) is 11.8 Å². The van der Waals surface area contributed by atoms with Crippen LogP contribution in [0.5, 0.6) is 5.88 Å². The van der Waals surface area contributed by atoms with Crippen LogP contribution in [0.3, 0.4) is 0 Å². The molecule has 0 N–H and O–H groups in total. The van der Waals surface area contributed by atoms with Crippen LogP contribution in [0.1, 0.15) is 5.56 Å². The van der Waals surface area contributed by atoms with Gasteiger partial charge in [0.1, 0.15) is 6.61 Å². The lowest BCUT2D eigenvalue weighted by atomic mass is 10.3. The summed E-state index contributed by atoms with van der Waals surface area (Å²) in [4.78, 5) is 5.62. The summed E-state index contributed by atoms with van der Waals surface area (Å²) in [6, 6.07) is 3.09. The number of pyridine rings is 1. The summed E-state index contributed by atoms with van der Waals surface area (Å²) in [7, 11) is 3.90. The molecular formula is C10H15FN2O. The van der Waals surface area contributed by atoms with E-state index in [1.807, 2.05) is 25.9 Å². The van der Waals surface area contributed by atoms with Gasteiger partial charge in [-0.3, -0.25) is 0 Å². The van der Waals surface area contributed by atoms with E-state index in [0.717, 1.165) is 12.1 Å². The molecule has 0 saturated heterocycles. The number of ether oxygens (including phenoxy) is 1. The Bertz CT molecular complexity index is 282. The zero-order valence-electron chi connectivity index (χ0n) is 8.75. The van der Waals surface area contributed by atoms with Gasteiger partial charge in [-0.1, -0.05) is 0 Å². The van der Waals surface area contributed by atoms with Crippen molar-refractivity contribution in [2.45, 2.75) is 6.92 Å². The second-order valence-corrected chi connectivity index (χ2v) is 3.46. The summed E-state index contributed by atoms with van der Waals surface area (Å²) < 4.78 is 18.1. The lowest BCUT2D eigenvalue weighted by molar-refractivity contribution is 0.251. The molecule has 0 saturated carbocycles. The minimum atomic E-state index is -0.496. The third-order valence-electron chi connectivity index (χ3n) is 1.70. The second kappa shape index (κ2) is 4.91. The van der Waals surface area contributed by atoms with Crippen molar-refractivity contribution >= 4 is 0 Å². The van der Waals surface area contributed by atoms with Crippen molar-refractivity contribution in [2.24, 2.45) is 0 Å². The van der Waals surface area contributed by atoms with Crippen LogP contribution in [-0.4, -0.2) is 37.1 Å². The van der Waals surface area contributed by atoms with E-state index in [4.69, 9.17) is 4.74 Å². The number of hydrogen-bond donors (Lipinski definition) is 0. The Hall–Kier alpha value is -1.16. The van der Waals surface area contributed by atoms with Crippen LogP contribution in [0.25, 0.3) is 0 Å². The molecule has 1 aromatic rings. The van der Waals surface area contributed by atoms with Crippen LogP contribution < -0.4 is 4.74 Å². The van der Waals surface area contributed by atoms with E-state index in [9.17, 15) is 4.39 Å². The van der Waals surface area contributed by atoms with Crippen molar-refractivity contribution in [3.8, 4) is 5.88 Å². The Morgan fingerprint density at radius 1 is 1.43 bits per heavy atom. The summed E-state index contributed by atoms with van der Waals surface area (Å²) in [5.41, 5.74) is 0.817. The van der Waals surface area contributed by atoms with Gasteiger partial charge in [-0.15, -0.1) is 0 Å². The van der Waals surface area contributed by atoms with Crippen molar-refractivity contribution in [3.63, 3.8) is 0 Å². The predicted octanol–water partition coefficient (Wildman–Crippen LogP) is 1.47. The third-order valence-corrected chi connectivity index (χ3v) is 1.70. The lowest BCUT2D eigenvalue weighted by Crippen LogP contribution is -2.19. The van der Waals surface area contributed by atoms with E-state index in [1.54, 1.807) is 6.07 Å². The molecule has 0 amide bonds. The minimum absolute atomic E-state index is 0.351. The van der Waals surface area contributed by atoms with Gasteiger partial charge in [-0.05, 0) is 32.6 Å². The van der Waals surface area contributed by atoms with Gasteiger partial charge >= 0.3 is 0 Å². The topological polar surface area (TPSA) is 25.4 Å². The highest BCUT2D eigenvalue weighted by atomic mass is 19.1. The van der Waals surface area contributed by atoms with Gasteiger partial charge in [-0.25, -0.2) is 0 Å². The first-order chi connectivity index (χ1) is 6.58. The molecule has 0 atom stereocenters. The first kappa shape index (κ1) is 10.9. The Balaban J connectivity index is 2.50. The predicted molar refractivity (Wildman–Crippen MR) is 53.0 cm³/mol. The quantitative estimate of drug-likeness (QED) is 0.685. The van der Waals surface area contributed by atoms with Gasteiger partial charge in [0, 0.05) is 12.6 Å². The molecule has 0 aliphatic carbocycles. The average molecular weight is 198 g/mol. The van der Waals surface area contributed by atoms with Crippen molar-refractivity contribution in [3.05, 3.63) is 23.6 Å². The maximum absolute atomic E-state index is 12.8. The highest BCUT2D eigenvalue weighted by Gasteiger charge is 2.00. The lowest BCUT2D eigenvalue weighted by Gasteiger charge is -2.10. The molecule has 0 aromatic carbocycles. The molecule has 0 radical (unpaired) electrons. The first-order valence-electron chi connectivity index (χ1n) is 4.49. The fourth-order valence-corrected chi connectivity index (χ4v) is 1.00. The number of halogens is 1. The molecule has 0 aliphatic heterocycles. The average Bonchev–Trinajstić information content (AvgIpc) is 2.01. The molecule has 0 unspecified atom stereocenters. The van der Waals surface area contributed by atoms with Crippen LogP contribution in [0, 0.1) is 12.9 Å². The molecule has 0 aliphatic rings. The zero-order chi connectivity index (χ0) is 10.6. The summed E-state index contributed by atoms with van der Waals surface area (Å²) in [6.45, 7) is 3.11. The highest BCUT2D eigenvalue weighted by Crippen LogP contribution is 2.10. The van der Waals surface area contributed by atoms with Gasteiger partial charge in [0.05, 0.1) is 0 Å². The zero-order valence-corrected chi connectivity index (χ0v) is 8.75. The number of likely N-dealkylation sites (N-methyl/N-ethyl adjacent to an activating group) is 1. The largest absolute Gasteiger partial charge is 0.476 e. The normalized spacial score (nSPS) is 10.6. The maximum atomic E-state index is 12.8. The van der Waals surface area contributed by atoms with Crippen molar-refractivity contribution < 1.29 is 9.13 Å². The van der Waals surface area contributed by atoms with Crippen molar-refractivity contribution in [1.82, 2.24) is 9.88 Å². The SMILES string of the molecule is Cc1cc(F)nc(OCCN(C)C)c1. The number of aryl methyl sites for hydroxylation is 1. The summed E-state index contributed by atoms with van der Waals surface area (Å²) in [6.07, 6.45) is 0. The first-order valence-corrected chi connectivity index (χ1v) is 4.49. The monoisotopic (exact) mass is 198 g/mol. The minimum Gasteiger partial charge on any atom is -0.476 e. The van der Waals surface area contributed by atoms with Crippen LogP contribution >= 0.6 is 0 Å². The summed E-state index contributed by atoms with van der Waals surface area (Å²) in [5.74, 6) is -0.144. The maximum Gasteiger partial charge on any atom is 0.216 e. The standard InChI is InChI=1S/C10H15FN2O/c1-8-6-9(11)12-10(7-8)14-5-4-13(2)3/h6-7H,4-5H2,1-3H3. The Labute approximate surface area is 83.5 Å². The van der Waals surface area contributed by atoms with E-state index >= 15 is 0 Å². The van der Waals surface area contributed by atoms with E-state index in [-0.39, 0.29) is 0 Å². The molecule has 14 heavy (non-hydrogen) atoms. The Kier molecular flexibility index (Phi) is 3.83. The molecule has 4 heteroatoms. The molecule has 0 bridgehead atoms. The molecule has 1 aromatic heterocycles. The van der Waals surface area contributed by atoms with Crippen LogP contribution in [0.15, 0.2) is 12.1 Å². The fraction of sp³-hybridized carbons (Fsp3) is 0.500. The van der Waals surface area contributed by atoms with Gasteiger partial charge in [-0.2, -0.15) is 9.37 Å². The van der Waals surface area contributed by atoms with Crippen LogP contribution in [0.2, 0.25) is 0 Å². The van der Waals surface area contributed by atoms with E-state index in [0.29, 0.717) is 12.5 Å². The van der Waals surface area contributed by atoms with E-state index in [1.165, 1.54) is 6.07 Å². The third kappa shape index (κ3) is 3.70. The highest BCUT2D eigenvalue weighted by molar-refractivity contribution is 5.19. The molecular weight excluding hydrogens is 183 g/mol. The molecule has 0 spiro atoms. The molecule has 1 heterocycles. The van der Waals surface area contributed by atoms with Gasteiger partial charge in [0.15, 0.2) is 0 Å². The Morgan fingerprint density at radius 3 is 2.71 bits per heavy atom. The number of aromatic nitrogens is 1. The Morgan fingerprint density at radius 2 is 2.14 bits per heavy atom. The van der Waals surface area contributed by atoms with Crippen LogP contribution in [0.4, 0.5) is 4.39 Å².